The van der Waals surface area contributed by atoms with Crippen LogP contribution in [0, 0.1) is 6.92 Å². The van der Waals surface area contributed by atoms with Crippen molar-refractivity contribution in [3.05, 3.63) is 64.8 Å². The largest absolute Gasteiger partial charge is 0.335 e. The molecule has 3 nitrogen and oxygen atoms in total. The maximum atomic E-state index is 12.7. The molecular weight excluding hydrogens is 320 g/mol. The van der Waals surface area contributed by atoms with Crippen LogP contribution >= 0.6 is 11.6 Å². The van der Waals surface area contributed by atoms with Crippen LogP contribution in [-0.2, 0) is 11.2 Å². The number of carbonyl (C=O) groups is 1. The maximum absolute atomic E-state index is 12.7. The Morgan fingerprint density at radius 2 is 2.04 bits per heavy atom. The molecule has 124 valence electrons. The van der Waals surface area contributed by atoms with Crippen molar-refractivity contribution in [3.8, 4) is 0 Å². The highest BCUT2D eigenvalue weighted by Gasteiger charge is 2.17. The summed E-state index contributed by atoms with van der Waals surface area (Å²) < 4.78 is 2.00. The molecule has 0 fully saturated rings. The minimum Gasteiger partial charge on any atom is -0.335 e. The van der Waals surface area contributed by atoms with Crippen LogP contribution in [0.15, 0.2) is 48.7 Å². The molecule has 24 heavy (non-hydrogen) atoms. The Bertz CT molecular complexity index is 898. The third-order valence-electron chi connectivity index (χ3n) is 4.52. The molecular formula is C20H21ClN2O. The normalized spacial score (nSPS) is 12.3. The van der Waals surface area contributed by atoms with Crippen molar-refractivity contribution in [3.63, 3.8) is 0 Å². The lowest BCUT2D eigenvalue weighted by atomic mass is 10.1. The van der Waals surface area contributed by atoms with Crippen molar-refractivity contribution in [2.75, 3.05) is 5.32 Å². The van der Waals surface area contributed by atoms with Gasteiger partial charge in [0.05, 0.1) is 0 Å². The number of nitrogens with zero attached hydrogens (tertiary/aromatic N) is 1. The number of hydrogen-bond donors (Lipinski definition) is 1. The first-order valence-electron chi connectivity index (χ1n) is 8.16. The lowest BCUT2D eigenvalue weighted by Gasteiger charge is -2.17. The van der Waals surface area contributed by atoms with E-state index in [0.717, 1.165) is 28.6 Å². The lowest BCUT2D eigenvalue weighted by molar-refractivity contribution is -0.118. The molecule has 1 heterocycles. The van der Waals surface area contributed by atoms with Crippen molar-refractivity contribution >= 4 is 34.1 Å². The van der Waals surface area contributed by atoms with Crippen LogP contribution in [0.5, 0.6) is 0 Å². The minimum absolute atomic E-state index is 0.0579. The van der Waals surface area contributed by atoms with Gasteiger partial charge in [-0.15, -0.1) is 0 Å². The summed E-state index contributed by atoms with van der Waals surface area (Å²) in [4.78, 5) is 12.7. The van der Waals surface area contributed by atoms with Crippen LogP contribution in [0.1, 0.15) is 31.0 Å². The zero-order valence-electron chi connectivity index (χ0n) is 14.1. The fraction of sp³-hybridized carbons (Fsp3) is 0.250. The van der Waals surface area contributed by atoms with Crippen molar-refractivity contribution < 1.29 is 4.79 Å². The van der Waals surface area contributed by atoms with Crippen LogP contribution in [0.25, 0.3) is 10.9 Å². The van der Waals surface area contributed by atoms with Gasteiger partial charge in [-0.3, -0.25) is 4.79 Å². The van der Waals surface area contributed by atoms with Crippen LogP contribution in [-0.4, -0.2) is 10.5 Å². The summed E-state index contributed by atoms with van der Waals surface area (Å²) >= 11 is 6.13. The van der Waals surface area contributed by atoms with Gasteiger partial charge in [-0.2, -0.15) is 0 Å². The highest BCUT2D eigenvalue weighted by molar-refractivity contribution is 6.31. The van der Waals surface area contributed by atoms with Gasteiger partial charge >= 0.3 is 0 Å². The van der Waals surface area contributed by atoms with Gasteiger partial charge in [0.25, 0.3) is 0 Å². The third kappa shape index (κ3) is 3.04. The topological polar surface area (TPSA) is 34.0 Å². The highest BCUT2D eigenvalue weighted by Crippen LogP contribution is 2.26. The highest BCUT2D eigenvalue weighted by atomic mass is 35.5. The Morgan fingerprint density at radius 3 is 2.79 bits per heavy atom. The Morgan fingerprint density at radius 1 is 1.25 bits per heavy atom. The van der Waals surface area contributed by atoms with E-state index in [1.165, 1.54) is 5.56 Å². The molecule has 0 aliphatic carbocycles. The number of halogens is 1. The Labute approximate surface area is 147 Å². The average molecular weight is 341 g/mol. The average Bonchev–Trinajstić information content (AvgIpc) is 3.01. The maximum Gasteiger partial charge on any atom is 0.247 e. The second-order valence-electron chi connectivity index (χ2n) is 6.05. The number of anilines is 1. The number of rotatable bonds is 4. The molecule has 0 aliphatic heterocycles. The summed E-state index contributed by atoms with van der Waals surface area (Å²) in [6.07, 6.45) is 2.98. The van der Waals surface area contributed by atoms with Crippen molar-refractivity contribution in [1.82, 2.24) is 4.57 Å². The smallest absolute Gasteiger partial charge is 0.247 e. The van der Waals surface area contributed by atoms with Gasteiger partial charge in [-0.25, -0.2) is 0 Å². The van der Waals surface area contributed by atoms with Crippen LogP contribution < -0.4 is 5.32 Å². The van der Waals surface area contributed by atoms with E-state index in [0.29, 0.717) is 5.02 Å². The van der Waals surface area contributed by atoms with Gasteiger partial charge in [-0.05, 0) is 67.1 Å². The predicted octanol–water partition coefficient (Wildman–Crippen LogP) is 5.37. The first-order valence-corrected chi connectivity index (χ1v) is 8.54. The van der Waals surface area contributed by atoms with E-state index in [2.05, 4.69) is 36.5 Å². The van der Waals surface area contributed by atoms with E-state index >= 15 is 0 Å². The van der Waals surface area contributed by atoms with E-state index in [-0.39, 0.29) is 11.9 Å². The zero-order valence-corrected chi connectivity index (χ0v) is 14.9. The van der Waals surface area contributed by atoms with Crippen LogP contribution in [0.3, 0.4) is 0 Å². The van der Waals surface area contributed by atoms with Gasteiger partial charge in [0.1, 0.15) is 6.04 Å². The third-order valence-corrected chi connectivity index (χ3v) is 4.92. The predicted molar refractivity (Wildman–Crippen MR) is 101 cm³/mol. The molecule has 1 atom stereocenters. The number of fused-ring (bicyclic) bond motifs is 1. The van der Waals surface area contributed by atoms with E-state index < -0.39 is 0 Å². The molecule has 0 bridgehead atoms. The molecule has 2 aromatic carbocycles. The Balaban J connectivity index is 1.87. The second-order valence-corrected chi connectivity index (χ2v) is 6.45. The van der Waals surface area contributed by atoms with Crippen molar-refractivity contribution in [1.29, 1.82) is 0 Å². The molecule has 3 rings (SSSR count). The van der Waals surface area contributed by atoms with E-state index in [1.807, 2.05) is 42.8 Å². The number of hydrogen-bond acceptors (Lipinski definition) is 1. The monoisotopic (exact) mass is 340 g/mol. The summed E-state index contributed by atoms with van der Waals surface area (Å²) in [5.74, 6) is -0.0579. The number of aromatic nitrogens is 1. The fourth-order valence-corrected chi connectivity index (χ4v) is 3.05. The SMILES string of the molecule is CCc1ccc2c(ccn2C(C)C(=O)Nc2cccc(Cl)c2C)c1. The Hall–Kier alpha value is -2.26. The Kier molecular flexibility index (Phi) is 4.63. The van der Waals surface area contributed by atoms with Gasteiger partial charge in [0, 0.05) is 22.4 Å². The van der Waals surface area contributed by atoms with Gasteiger partial charge in [-0.1, -0.05) is 30.7 Å². The number of nitrogens with one attached hydrogen (secondary N) is 1. The molecule has 0 spiro atoms. The fourth-order valence-electron chi connectivity index (χ4n) is 2.88. The lowest BCUT2D eigenvalue weighted by Crippen LogP contribution is -2.23. The first kappa shape index (κ1) is 16.6. The van der Waals surface area contributed by atoms with E-state index in [1.54, 1.807) is 0 Å². The summed E-state index contributed by atoms with van der Waals surface area (Å²) in [6.45, 7) is 5.95. The molecule has 1 unspecified atom stereocenters. The van der Waals surface area contributed by atoms with Gasteiger partial charge < -0.3 is 9.88 Å². The van der Waals surface area contributed by atoms with Crippen LogP contribution in [0.4, 0.5) is 5.69 Å². The standard InChI is InChI=1S/C20H21ClN2O/c1-4-15-8-9-19-16(12-15)10-11-23(19)14(3)20(24)22-18-7-5-6-17(21)13(18)2/h5-12,14H,4H2,1-3H3,(H,22,24). The van der Waals surface area contributed by atoms with Crippen molar-refractivity contribution in [2.24, 2.45) is 0 Å². The molecule has 0 saturated heterocycles. The number of benzene rings is 2. The minimum atomic E-state index is -0.312. The summed E-state index contributed by atoms with van der Waals surface area (Å²) in [5.41, 5.74) is 4.00. The zero-order chi connectivity index (χ0) is 17.3. The molecule has 4 heteroatoms. The molecule has 3 aromatic rings. The first-order chi connectivity index (χ1) is 11.5. The van der Waals surface area contributed by atoms with Crippen LogP contribution in [0.2, 0.25) is 5.02 Å². The second kappa shape index (κ2) is 6.70. The van der Waals surface area contributed by atoms with Gasteiger partial charge in [0.15, 0.2) is 0 Å². The van der Waals surface area contributed by atoms with Gasteiger partial charge in [0.2, 0.25) is 5.91 Å². The molecule has 0 radical (unpaired) electrons. The molecule has 1 N–H and O–H groups in total. The number of amides is 1. The van der Waals surface area contributed by atoms with E-state index in [4.69, 9.17) is 11.6 Å². The number of carbonyl (C=O) groups excluding carboxylic acids is 1. The summed E-state index contributed by atoms with van der Waals surface area (Å²) in [6, 6.07) is 13.7. The van der Waals surface area contributed by atoms with Crippen molar-refractivity contribution in [2.45, 2.75) is 33.2 Å². The molecule has 1 aromatic heterocycles. The summed E-state index contributed by atoms with van der Waals surface area (Å²) in [5, 5.41) is 4.79. The molecule has 0 aliphatic rings. The quantitative estimate of drug-likeness (QED) is 0.681. The molecule has 1 amide bonds. The summed E-state index contributed by atoms with van der Waals surface area (Å²) in [7, 11) is 0. The molecule has 0 saturated carbocycles. The van der Waals surface area contributed by atoms with E-state index in [9.17, 15) is 4.79 Å². The number of aryl methyl sites for hydroxylation is 1.